The minimum absolute atomic E-state index is 0.0925. The number of piperidine rings is 1. The Bertz CT molecular complexity index is 1200. The van der Waals surface area contributed by atoms with Crippen molar-refractivity contribution in [1.29, 1.82) is 0 Å². The molecular weight excluding hydrogens is 386 g/mol. The molecule has 2 aromatic carbocycles. The van der Waals surface area contributed by atoms with E-state index in [4.69, 9.17) is 0 Å². The Kier molecular flexibility index (Phi) is 4.89. The summed E-state index contributed by atoms with van der Waals surface area (Å²) in [6.45, 7) is 4.60. The van der Waals surface area contributed by atoms with Crippen molar-refractivity contribution in [3.63, 3.8) is 0 Å². The second-order valence-electron chi connectivity index (χ2n) is 8.72. The summed E-state index contributed by atoms with van der Waals surface area (Å²) >= 11 is 0. The molecule has 0 radical (unpaired) electrons. The van der Waals surface area contributed by atoms with Crippen LogP contribution >= 0.6 is 0 Å². The van der Waals surface area contributed by atoms with Gasteiger partial charge in [-0.25, -0.2) is 0 Å². The van der Waals surface area contributed by atoms with Gasteiger partial charge in [-0.2, -0.15) is 0 Å². The number of para-hydroxylation sites is 2. The predicted molar refractivity (Wildman–Crippen MR) is 125 cm³/mol. The fraction of sp³-hybridized carbons (Fsp3) is 0.308. The van der Waals surface area contributed by atoms with Crippen molar-refractivity contribution in [2.24, 2.45) is 0 Å². The number of aromatic nitrogens is 1. The van der Waals surface area contributed by atoms with Crippen molar-refractivity contribution in [2.75, 3.05) is 5.32 Å². The molecule has 1 fully saturated rings. The molecule has 5 rings (SSSR count). The van der Waals surface area contributed by atoms with E-state index in [0.29, 0.717) is 12.1 Å². The first-order valence-corrected chi connectivity index (χ1v) is 11.0. The maximum Gasteiger partial charge on any atom is 0.256 e. The number of amides is 2. The molecule has 1 aromatic heterocycles. The predicted octanol–water partition coefficient (Wildman–Crippen LogP) is 4.92. The lowest BCUT2D eigenvalue weighted by molar-refractivity contribution is -0.137. The van der Waals surface area contributed by atoms with E-state index in [1.807, 2.05) is 65.4 Å². The highest BCUT2D eigenvalue weighted by Crippen LogP contribution is 2.34. The first kappa shape index (κ1) is 19.6. The van der Waals surface area contributed by atoms with Gasteiger partial charge in [-0.3, -0.25) is 9.59 Å². The number of benzene rings is 2. The van der Waals surface area contributed by atoms with E-state index in [1.165, 1.54) is 6.42 Å². The zero-order valence-electron chi connectivity index (χ0n) is 18.0. The van der Waals surface area contributed by atoms with Gasteiger partial charge in [0.25, 0.3) is 5.91 Å². The van der Waals surface area contributed by atoms with Crippen LogP contribution in [0.2, 0.25) is 0 Å². The van der Waals surface area contributed by atoms with Crippen LogP contribution in [0.25, 0.3) is 22.6 Å². The molecule has 2 aliphatic rings. The summed E-state index contributed by atoms with van der Waals surface area (Å²) in [4.78, 5) is 27.9. The summed E-state index contributed by atoms with van der Waals surface area (Å²) in [6, 6.07) is 16.4. The van der Waals surface area contributed by atoms with Gasteiger partial charge in [0.15, 0.2) is 0 Å². The molecule has 3 aromatic rings. The summed E-state index contributed by atoms with van der Waals surface area (Å²) in [5.41, 5.74) is 4.36. The quantitative estimate of drug-likeness (QED) is 0.620. The highest BCUT2D eigenvalue weighted by Gasteiger charge is 2.29. The smallest absolute Gasteiger partial charge is 0.256 e. The summed E-state index contributed by atoms with van der Waals surface area (Å²) in [7, 11) is 0. The SMILES string of the molecule is C[C@@H]1CCC[C@H](C)N1C(=O)Cn1cc(/C=C2/C(=O)Nc3ccccc32)c2ccccc21. The lowest BCUT2D eigenvalue weighted by Crippen LogP contribution is -2.48. The molecule has 158 valence electrons. The fourth-order valence-electron chi connectivity index (χ4n) is 5.10. The van der Waals surface area contributed by atoms with Crippen molar-refractivity contribution in [3.05, 3.63) is 65.9 Å². The number of rotatable bonds is 3. The van der Waals surface area contributed by atoms with E-state index in [9.17, 15) is 9.59 Å². The minimum atomic E-state index is -0.0925. The number of carbonyl (C=O) groups is 2. The van der Waals surface area contributed by atoms with Gasteiger partial charge in [0.05, 0.1) is 0 Å². The molecular formula is C26H27N3O2. The molecule has 2 amide bonds. The van der Waals surface area contributed by atoms with E-state index < -0.39 is 0 Å². The van der Waals surface area contributed by atoms with Crippen LogP contribution in [0.1, 0.15) is 44.2 Å². The molecule has 1 N–H and O–H groups in total. The lowest BCUT2D eigenvalue weighted by atomic mass is 9.97. The number of anilines is 1. The van der Waals surface area contributed by atoms with Crippen molar-refractivity contribution in [3.8, 4) is 0 Å². The Balaban J connectivity index is 1.52. The third-order valence-corrected chi connectivity index (χ3v) is 6.62. The minimum Gasteiger partial charge on any atom is -0.337 e. The largest absolute Gasteiger partial charge is 0.337 e. The highest BCUT2D eigenvalue weighted by molar-refractivity contribution is 6.35. The first-order valence-electron chi connectivity index (χ1n) is 11.0. The lowest BCUT2D eigenvalue weighted by Gasteiger charge is -2.39. The molecule has 2 aliphatic heterocycles. The average molecular weight is 414 g/mol. The zero-order chi connectivity index (χ0) is 21.5. The molecule has 5 heteroatoms. The van der Waals surface area contributed by atoms with Crippen LogP contribution in [0.5, 0.6) is 0 Å². The van der Waals surface area contributed by atoms with Crippen molar-refractivity contribution >= 4 is 40.1 Å². The third-order valence-electron chi connectivity index (χ3n) is 6.62. The standard InChI is InChI=1S/C26H27N3O2/c1-17-8-7-9-18(2)29(17)25(30)16-28-15-19(20-10-4-6-13-24(20)28)14-22-21-11-3-5-12-23(21)27-26(22)31/h3-6,10-15,17-18H,7-9,16H2,1-2H3,(H,27,31)/b22-14+/t17-,18+. The number of likely N-dealkylation sites (tertiary alicyclic amines) is 1. The molecule has 3 heterocycles. The van der Waals surface area contributed by atoms with Crippen molar-refractivity contribution in [2.45, 2.75) is 51.7 Å². The second kappa shape index (κ2) is 7.73. The fourth-order valence-corrected chi connectivity index (χ4v) is 5.10. The Morgan fingerprint density at radius 3 is 2.58 bits per heavy atom. The number of nitrogens with one attached hydrogen (secondary N) is 1. The molecule has 0 bridgehead atoms. The van der Waals surface area contributed by atoms with Gasteiger partial charge >= 0.3 is 0 Å². The average Bonchev–Trinajstić information content (AvgIpc) is 3.26. The number of nitrogens with zero attached hydrogens (tertiary/aromatic N) is 2. The molecule has 31 heavy (non-hydrogen) atoms. The van der Waals surface area contributed by atoms with Gasteiger partial charge in [-0.1, -0.05) is 36.4 Å². The number of hydrogen-bond donors (Lipinski definition) is 1. The monoisotopic (exact) mass is 413 g/mol. The van der Waals surface area contributed by atoms with Crippen LogP contribution in [-0.2, 0) is 16.1 Å². The van der Waals surface area contributed by atoms with E-state index in [1.54, 1.807) is 0 Å². The topological polar surface area (TPSA) is 54.3 Å². The van der Waals surface area contributed by atoms with Gasteiger partial charge in [0, 0.05) is 51.6 Å². The Labute approximate surface area is 182 Å². The van der Waals surface area contributed by atoms with Crippen LogP contribution in [0, 0.1) is 0 Å². The molecule has 2 atom stereocenters. The van der Waals surface area contributed by atoms with Crippen LogP contribution in [0.4, 0.5) is 5.69 Å². The van der Waals surface area contributed by atoms with Crippen molar-refractivity contribution in [1.82, 2.24) is 9.47 Å². The van der Waals surface area contributed by atoms with E-state index >= 15 is 0 Å². The van der Waals surface area contributed by atoms with Gasteiger partial charge in [-0.15, -0.1) is 0 Å². The van der Waals surface area contributed by atoms with Gasteiger partial charge in [0.1, 0.15) is 6.54 Å². The number of hydrogen-bond acceptors (Lipinski definition) is 2. The van der Waals surface area contributed by atoms with Gasteiger partial charge in [0.2, 0.25) is 5.91 Å². The van der Waals surface area contributed by atoms with Gasteiger partial charge in [-0.05, 0) is 51.3 Å². The third kappa shape index (κ3) is 3.44. The number of fused-ring (bicyclic) bond motifs is 2. The summed E-state index contributed by atoms with van der Waals surface area (Å²) < 4.78 is 2.02. The highest BCUT2D eigenvalue weighted by atomic mass is 16.2. The molecule has 0 spiro atoms. The maximum absolute atomic E-state index is 13.2. The normalized spacial score (nSPS) is 22.1. The van der Waals surface area contributed by atoms with Crippen LogP contribution in [0.3, 0.4) is 0 Å². The van der Waals surface area contributed by atoms with Crippen molar-refractivity contribution < 1.29 is 9.59 Å². The Morgan fingerprint density at radius 1 is 1.06 bits per heavy atom. The van der Waals surface area contributed by atoms with Crippen LogP contribution < -0.4 is 5.32 Å². The summed E-state index contributed by atoms with van der Waals surface area (Å²) in [5.74, 6) is 0.0636. The molecule has 1 saturated heterocycles. The molecule has 5 nitrogen and oxygen atoms in total. The summed E-state index contributed by atoms with van der Waals surface area (Å²) in [6.07, 6.45) is 7.25. The number of carbonyl (C=O) groups excluding carboxylic acids is 2. The van der Waals surface area contributed by atoms with E-state index in [2.05, 4.69) is 24.1 Å². The van der Waals surface area contributed by atoms with Gasteiger partial charge < -0.3 is 14.8 Å². The van der Waals surface area contributed by atoms with Crippen LogP contribution in [0.15, 0.2) is 54.7 Å². The van der Waals surface area contributed by atoms with E-state index in [0.717, 1.165) is 40.6 Å². The Morgan fingerprint density at radius 2 is 1.77 bits per heavy atom. The molecule has 0 unspecified atom stereocenters. The van der Waals surface area contributed by atoms with Crippen LogP contribution in [-0.4, -0.2) is 33.4 Å². The first-order chi connectivity index (χ1) is 15.0. The van der Waals surface area contributed by atoms with E-state index in [-0.39, 0.29) is 23.9 Å². The molecule has 0 aliphatic carbocycles. The maximum atomic E-state index is 13.2. The second-order valence-corrected chi connectivity index (χ2v) is 8.72. The summed E-state index contributed by atoms with van der Waals surface area (Å²) in [5, 5.41) is 3.97. The molecule has 0 saturated carbocycles. The zero-order valence-corrected chi connectivity index (χ0v) is 18.0. The Hall–Kier alpha value is -3.34.